The lowest BCUT2D eigenvalue weighted by Crippen LogP contribution is -2.37. The normalized spacial score (nSPS) is 13.9. The summed E-state index contributed by atoms with van der Waals surface area (Å²) in [5, 5.41) is 0. The van der Waals surface area contributed by atoms with E-state index in [4.69, 9.17) is 18.5 Å². The van der Waals surface area contributed by atoms with Crippen LogP contribution in [0.3, 0.4) is 0 Å². The fourth-order valence-electron chi connectivity index (χ4n) is 6.59. The number of allylic oxidation sites excluding steroid dienone is 8. The van der Waals surface area contributed by atoms with Crippen molar-refractivity contribution < 1.29 is 42.1 Å². The van der Waals surface area contributed by atoms with Gasteiger partial charge in [0.05, 0.1) is 27.7 Å². The van der Waals surface area contributed by atoms with Crippen molar-refractivity contribution in [3.63, 3.8) is 0 Å². The Bertz CT molecular complexity index is 1160. The summed E-state index contributed by atoms with van der Waals surface area (Å²) in [5.41, 5.74) is 0. The highest BCUT2D eigenvalue weighted by Crippen LogP contribution is 2.38. The minimum Gasteiger partial charge on any atom is -0.756 e. The van der Waals surface area contributed by atoms with E-state index in [0.29, 0.717) is 17.4 Å². The zero-order chi connectivity index (χ0) is 44.3. The fraction of sp³-hybridized carbons (Fsp3) is 0.800. The average molecular weight is 866 g/mol. The summed E-state index contributed by atoms with van der Waals surface area (Å²) in [5.74, 6) is -0.857. The van der Waals surface area contributed by atoms with E-state index in [1.807, 2.05) is 21.1 Å². The van der Waals surface area contributed by atoms with E-state index in [2.05, 4.69) is 62.5 Å². The third-order valence-electron chi connectivity index (χ3n) is 10.4. The summed E-state index contributed by atoms with van der Waals surface area (Å²) in [6, 6.07) is 0. The number of quaternary nitrogens is 1. The second-order valence-corrected chi connectivity index (χ2v) is 18.9. The molecule has 2 unspecified atom stereocenters. The Hall–Kier alpha value is -2.03. The Morgan fingerprint density at radius 1 is 0.533 bits per heavy atom. The largest absolute Gasteiger partial charge is 0.756 e. The lowest BCUT2D eigenvalue weighted by Gasteiger charge is -2.28. The third-order valence-corrected chi connectivity index (χ3v) is 11.3. The quantitative estimate of drug-likeness (QED) is 0.0196. The summed E-state index contributed by atoms with van der Waals surface area (Å²) in [4.78, 5) is 37.6. The highest BCUT2D eigenvalue weighted by Gasteiger charge is 2.21. The second kappa shape index (κ2) is 42.3. The van der Waals surface area contributed by atoms with Gasteiger partial charge in [0.2, 0.25) is 0 Å². The summed E-state index contributed by atoms with van der Waals surface area (Å²) in [6.45, 7) is 4.11. The van der Waals surface area contributed by atoms with Crippen LogP contribution in [-0.2, 0) is 32.7 Å². The summed E-state index contributed by atoms with van der Waals surface area (Å²) in [6.07, 6.45) is 50.0. The van der Waals surface area contributed by atoms with Crippen molar-refractivity contribution in [3.05, 3.63) is 48.6 Å². The SMILES string of the molecule is CC/C=C\C/C=C\C/C=C\C/C=C\CCCCCCC(=O)OC(COC(=O)CCCCCCCCCCCCCCCCCCCCC)COP(=O)([O-])OCC[N+](C)(C)C. The van der Waals surface area contributed by atoms with E-state index in [1.54, 1.807) is 0 Å². The van der Waals surface area contributed by atoms with Crippen LogP contribution in [0, 0.1) is 0 Å². The number of hydrogen-bond donors (Lipinski definition) is 0. The maximum atomic E-state index is 12.7. The van der Waals surface area contributed by atoms with Crippen molar-refractivity contribution in [2.45, 2.75) is 213 Å². The molecule has 9 nitrogen and oxygen atoms in total. The standard InChI is InChI=1S/C50H92NO8P/c1-6-8-10-12-14-16-18-20-22-24-25-27-28-30-32-34-36-38-40-42-49(52)56-46-48(47-58-60(54,55)57-45-44-51(3,4)5)59-50(53)43-41-39-37-35-33-31-29-26-23-21-19-17-15-13-11-9-7-2/h9,11,15,17,21,23,29,31,48H,6-8,10,12-14,16,18-20,22,24-28,30,32-47H2,1-5H3/b11-9-,17-15-,23-21-,31-29-. The van der Waals surface area contributed by atoms with E-state index in [1.165, 1.54) is 103 Å². The number of esters is 2. The molecule has 0 rings (SSSR count). The lowest BCUT2D eigenvalue weighted by molar-refractivity contribution is -0.870. The topological polar surface area (TPSA) is 111 Å². The third kappa shape index (κ3) is 45.5. The molecule has 0 saturated carbocycles. The fourth-order valence-corrected chi connectivity index (χ4v) is 7.32. The van der Waals surface area contributed by atoms with Crippen LogP contribution in [0.2, 0.25) is 0 Å². The van der Waals surface area contributed by atoms with Crippen molar-refractivity contribution in [1.82, 2.24) is 0 Å². The summed E-state index contributed by atoms with van der Waals surface area (Å²) < 4.78 is 34.0. The Labute approximate surface area is 369 Å². The van der Waals surface area contributed by atoms with Gasteiger partial charge in [0, 0.05) is 12.8 Å². The van der Waals surface area contributed by atoms with E-state index in [9.17, 15) is 19.0 Å². The molecule has 0 radical (unpaired) electrons. The number of carbonyl (C=O) groups is 2. The van der Waals surface area contributed by atoms with Gasteiger partial charge in [-0.2, -0.15) is 0 Å². The molecule has 0 saturated heterocycles. The highest BCUT2D eigenvalue weighted by molar-refractivity contribution is 7.45. The molecule has 0 aliphatic heterocycles. The molecule has 0 aromatic rings. The Morgan fingerprint density at radius 3 is 1.42 bits per heavy atom. The number of phosphoric ester groups is 1. The van der Waals surface area contributed by atoms with Gasteiger partial charge in [0.15, 0.2) is 6.10 Å². The van der Waals surface area contributed by atoms with Gasteiger partial charge in [-0.1, -0.05) is 191 Å². The van der Waals surface area contributed by atoms with Crippen LogP contribution in [0.25, 0.3) is 0 Å². The van der Waals surface area contributed by atoms with Crippen LogP contribution >= 0.6 is 7.82 Å². The van der Waals surface area contributed by atoms with E-state index < -0.39 is 26.5 Å². The first-order chi connectivity index (χ1) is 29.0. The molecule has 0 amide bonds. The number of unbranched alkanes of at least 4 members (excludes halogenated alkanes) is 22. The van der Waals surface area contributed by atoms with E-state index in [0.717, 1.165) is 70.6 Å². The van der Waals surface area contributed by atoms with Crippen molar-refractivity contribution in [1.29, 1.82) is 0 Å². The molecule has 0 spiro atoms. The van der Waals surface area contributed by atoms with Crippen LogP contribution in [0.5, 0.6) is 0 Å². The van der Waals surface area contributed by atoms with Crippen molar-refractivity contribution in [2.75, 3.05) is 47.5 Å². The van der Waals surface area contributed by atoms with Crippen LogP contribution in [0.1, 0.15) is 206 Å². The van der Waals surface area contributed by atoms with Gasteiger partial charge in [0.25, 0.3) is 7.82 Å². The molecule has 0 aromatic heterocycles. The molecular formula is C50H92NO8P. The average Bonchev–Trinajstić information content (AvgIpc) is 3.20. The first-order valence-electron chi connectivity index (χ1n) is 24.3. The van der Waals surface area contributed by atoms with Crippen LogP contribution in [0.15, 0.2) is 48.6 Å². The molecule has 0 bridgehead atoms. The monoisotopic (exact) mass is 866 g/mol. The van der Waals surface area contributed by atoms with Crippen molar-refractivity contribution in [2.24, 2.45) is 0 Å². The number of likely N-dealkylation sites (N-methyl/N-ethyl adjacent to an activating group) is 1. The van der Waals surface area contributed by atoms with Crippen molar-refractivity contribution >= 4 is 19.8 Å². The number of phosphoric acid groups is 1. The number of nitrogens with zero attached hydrogens (tertiary/aromatic N) is 1. The van der Waals surface area contributed by atoms with Crippen molar-refractivity contribution in [3.8, 4) is 0 Å². The van der Waals surface area contributed by atoms with Gasteiger partial charge in [-0.15, -0.1) is 0 Å². The summed E-state index contributed by atoms with van der Waals surface area (Å²) >= 11 is 0. The number of ether oxygens (including phenoxy) is 2. The molecule has 0 fully saturated rings. The lowest BCUT2D eigenvalue weighted by atomic mass is 10.0. The van der Waals surface area contributed by atoms with Gasteiger partial charge in [-0.05, 0) is 51.4 Å². The molecule has 350 valence electrons. The van der Waals surface area contributed by atoms with Gasteiger partial charge >= 0.3 is 11.9 Å². The van der Waals surface area contributed by atoms with Gasteiger partial charge in [0.1, 0.15) is 19.8 Å². The Kier molecular flexibility index (Phi) is 40.8. The Morgan fingerprint density at radius 2 is 0.950 bits per heavy atom. The van der Waals surface area contributed by atoms with E-state index in [-0.39, 0.29) is 32.0 Å². The second-order valence-electron chi connectivity index (χ2n) is 17.5. The molecular weight excluding hydrogens is 774 g/mol. The van der Waals surface area contributed by atoms with E-state index >= 15 is 0 Å². The van der Waals surface area contributed by atoms with Gasteiger partial charge in [-0.3, -0.25) is 14.2 Å². The first kappa shape index (κ1) is 58.0. The summed E-state index contributed by atoms with van der Waals surface area (Å²) in [7, 11) is 1.15. The molecule has 0 heterocycles. The molecule has 0 N–H and O–H groups in total. The smallest absolute Gasteiger partial charge is 0.306 e. The molecule has 2 atom stereocenters. The minimum atomic E-state index is -4.63. The van der Waals surface area contributed by atoms with Crippen LogP contribution in [0.4, 0.5) is 0 Å². The predicted molar refractivity (Wildman–Crippen MR) is 250 cm³/mol. The molecule has 0 aliphatic rings. The zero-order valence-corrected chi connectivity index (χ0v) is 40.3. The first-order valence-corrected chi connectivity index (χ1v) is 25.8. The van der Waals surface area contributed by atoms with Crippen LogP contribution in [-0.4, -0.2) is 70.0 Å². The highest BCUT2D eigenvalue weighted by atomic mass is 31.2. The molecule has 60 heavy (non-hydrogen) atoms. The van der Waals surface area contributed by atoms with Crippen LogP contribution < -0.4 is 4.89 Å². The number of rotatable bonds is 44. The Balaban J connectivity index is 4.31. The predicted octanol–water partition coefficient (Wildman–Crippen LogP) is 13.6. The van der Waals surface area contributed by atoms with Gasteiger partial charge < -0.3 is 27.9 Å². The zero-order valence-electron chi connectivity index (χ0n) is 39.4. The maximum absolute atomic E-state index is 12.7. The number of carbonyl (C=O) groups excluding carboxylic acids is 2. The minimum absolute atomic E-state index is 0.0363. The molecule has 0 aliphatic carbocycles. The maximum Gasteiger partial charge on any atom is 0.306 e. The molecule has 10 heteroatoms. The number of hydrogen-bond acceptors (Lipinski definition) is 8. The molecule has 0 aromatic carbocycles. The van der Waals surface area contributed by atoms with Gasteiger partial charge in [-0.25, -0.2) is 0 Å².